The molecule has 0 aromatic carbocycles. The van der Waals surface area contributed by atoms with Gasteiger partial charge in [0.1, 0.15) is 6.61 Å². The number of alkyl carbamates (subject to hydrolysis) is 1. The molecule has 1 amide bonds. The lowest BCUT2D eigenvalue weighted by Crippen LogP contribution is -2.24. The van der Waals surface area contributed by atoms with Crippen LogP contribution in [0.5, 0.6) is 0 Å². The molecule has 0 aliphatic carbocycles. The molecule has 3 nitrogen and oxygen atoms in total. The van der Waals surface area contributed by atoms with Gasteiger partial charge in [0.2, 0.25) is 0 Å². The van der Waals surface area contributed by atoms with E-state index in [-0.39, 0.29) is 6.61 Å². The maximum absolute atomic E-state index is 10.9. The van der Waals surface area contributed by atoms with Crippen LogP contribution in [0.25, 0.3) is 0 Å². The molecule has 0 saturated carbocycles. The highest BCUT2D eigenvalue weighted by Crippen LogP contribution is 1.93. The summed E-state index contributed by atoms with van der Waals surface area (Å²) in [6.07, 6.45) is 12.5. The Morgan fingerprint density at radius 2 is 1.94 bits per heavy atom. The summed E-state index contributed by atoms with van der Waals surface area (Å²) in [7, 11) is 0. The molecule has 0 unspecified atom stereocenters. The molecule has 0 radical (unpaired) electrons. The molecule has 0 saturated heterocycles. The minimum absolute atomic E-state index is 0.247. The van der Waals surface area contributed by atoms with E-state index in [4.69, 9.17) is 4.74 Å². The Morgan fingerprint density at radius 3 is 2.56 bits per heavy atom. The summed E-state index contributed by atoms with van der Waals surface area (Å²) >= 11 is 0. The Balaban J connectivity index is 3.36. The van der Waals surface area contributed by atoms with E-state index in [0.717, 1.165) is 19.3 Å². The van der Waals surface area contributed by atoms with E-state index in [0.29, 0.717) is 6.54 Å². The molecular formula is C13H21NO2. The summed E-state index contributed by atoms with van der Waals surface area (Å²) in [6.45, 7) is 6.32. The van der Waals surface area contributed by atoms with E-state index in [9.17, 15) is 4.79 Å². The van der Waals surface area contributed by atoms with Crippen molar-refractivity contribution in [3.05, 3.63) is 37.0 Å². The predicted octanol–water partition coefficient (Wildman–Crippen LogP) is 3.20. The van der Waals surface area contributed by atoms with Crippen LogP contribution in [0.4, 0.5) is 4.79 Å². The molecule has 0 rings (SSSR count). The Morgan fingerprint density at radius 1 is 1.25 bits per heavy atom. The highest BCUT2D eigenvalue weighted by Gasteiger charge is 1.95. The van der Waals surface area contributed by atoms with Crippen molar-refractivity contribution in [2.75, 3.05) is 13.2 Å². The lowest BCUT2D eigenvalue weighted by Gasteiger charge is -2.01. The predicted molar refractivity (Wildman–Crippen MR) is 67.4 cm³/mol. The molecule has 3 heteroatoms. The van der Waals surface area contributed by atoms with Crippen LogP contribution in [-0.4, -0.2) is 19.2 Å². The SMILES string of the molecule is C=CCOC(=O)NCC=CCCC=CCC. The third-order valence-corrected chi connectivity index (χ3v) is 1.77. The molecule has 1 N–H and O–H groups in total. The number of unbranched alkanes of at least 4 members (excludes halogenated alkanes) is 1. The first-order valence-electron chi connectivity index (χ1n) is 5.62. The Bertz CT molecular complexity index is 244. The number of ether oxygens (including phenoxy) is 1. The number of hydrogen-bond donors (Lipinski definition) is 1. The van der Waals surface area contributed by atoms with Crippen molar-refractivity contribution in [1.82, 2.24) is 5.32 Å². The second-order valence-corrected chi connectivity index (χ2v) is 3.20. The van der Waals surface area contributed by atoms with Crippen LogP contribution in [0.3, 0.4) is 0 Å². The molecule has 0 aliphatic heterocycles. The number of carbonyl (C=O) groups is 1. The monoisotopic (exact) mass is 223 g/mol. The second kappa shape index (κ2) is 11.6. The van der Waals surface area contributed by atoms with Gasteiger partial charge < -0.3 is 10.1 Å². The van der Waals surface area contributed by atoms with Crippen molar-refractivity contribution in [3.63, 3.8) is 0 Å². The van der Waals surface area contributed by atoms with Crippen molar-refractivity contribution < 1.29 is 9.53 Å². The first kappa shape index (κ1) is 14.5. The van der Waals surface area contributed by atoms with Crippen LogP contribution in [0.15, 0.2) is 37.0 Å². The van der Waals surface area contributed by atoms with E-state index < -0.39 is 6.09 Å². The van der Waals surface area contributed by atoms with Gasteiger partial charge in [-0.05, 0) is 19.3 Å². The van der Waals surface area contributed by atoms with Crippen LogP contribution >= 0.6 is 0 Å². The zero-order chi connectivity index (χ0) is 12.1. The van der Waals surface area contributed by atoms with Crippen LogP contribution in [-0.2, 0) is 4.74 Å². The fourth-order valence-electron chi connectivity index (χ4n) is 1.01. The number of amides is 1. The number of allylic oxidation sites excluding steroid dienone is 3. The molecule has 0 aromatic heterocycles. The maximum Gasteiger partial charge on any atom is 0.407 e. The second-order valence-electron chi connectivity index (χ2n) is 3.20. The van der Waals surface area contributed by atoms with Gasteiger partial charge in [0.15, 0.2) is 0 Å². The van der Waals surface area contributed by atoms with Gasteiger partial charge in [-0.2, -0.15) is 0 Å². The minimum atomic E-state index is -0.407. The average molecular weight is 223 g/mol. The van der Waals surface area contributed by atoms with Crippen LogP contribution < -0.4 is 5.32 Å². The number of hydrogen-bond acceptors (Lipinski definition) is 2. The van der Waals surface area contributed by atoms with Gasteiger partial charge in [0, 0.05) is 6.54 Å². The Kier molecular flexibility index (Phi) is 10.5. The summed E-state index contributed by atoms with van der Waals surface area (Å²) in [5, 5.41) is 2.61. The average Bonchev–Trinajstić information content (AvgIpc) is 2.30. The van der Waals surface area contributed by atoms with Crippen LogP contribution in [0, 0.1) is 0 Å². The van der Waals surface area contributed by atoms with E-state index in [1.54, 1.807) is 0 Å². The highest BCUT2D eigenvalue weighted by molar-refractivity contribution is 5.67. The normalized spacial score (nSPS) is 10.8. The minimum Gasteiger partial charge on any atom is -0.445 e. The maximum atomic E-state index is 10.9. The topological polar surface area (TPSA) is 38.3 Å². The first-order chi connectivity index (χ1) is 7.81. The van der Waals surface area contributed by atoms with Gasteiger partial charge in [0.05, 0.1) is 0 Å². The van der Waals surface area contributed by atoms with Gasteiger partial charge in [0.25, 0.3) is 0 Å². The lowest BCUT2D eigenvalue weighted by atomic mass is 10.2. The zero-order valence-corrected chi connectivity index (χ0v) is 9.95. The standard InChI is InChI=1S/C13H21NO2/c1-3-5-6-7-8-9-10-11-14-13(15)16-12-4-2/h4-6,9-10H,2-3,7-8,11-12H2,1H3,(H,14,15). The summed E-state index contributed by atoms with van der Waals surface area (Å²) in [4.78, 5) is 10.9. The first-order valence-corrected chi connectivity index (χ1v) is 5.62. The van der Waals surface area contributed by atoms with E-state index in [1.165, 1.54) is 6.08 Å². The van der Waals surface area contributed by atoms with Crippen LogP contribution in [0.2, 0.25) is 0 Å². The van der Waals surface area contributed by atoms with Gasteiger partial charge >= 0.3 is 6.09 Å². The van der Waals surface area contributed by atoms with Crippen molar-refractivity contribution >= 4 is 6.09 Å². The molecule has 0 atom stereocenters. The third-order valence-electron chi connectivity index (χ3n) is 1.77. The molecule has 0 fully saturated rings. The van der Waals surface area contributed by atoms with Crippen molar-refractivity contribution in [2.45, 2.75) is 26.2 Å². The largest absolute Gasteiger partial charge is 0.445 e. The lowest BCUT2D eigenvalue weighted by molar-refractivity contribution is 0.159. The summed E-state index contributed by atoms with van der Waals surface area (Å²) in [6, 6.07) is 0. The Hall–Kier alpha value is -1.51. The number of carbonyl (C=O) groups excluding carboxylic acids is 1. The quantitative estimate of drug-likeness (QED) is 0.507. The zero-order valence-electron chi connectivity index (χ0n) is 9.95. The summed E-state index contributed by atoms with van der Waals surface area (Å²) in [5.74, 6) is 0. The van der Waals surface area contributed by atoms with E-state index in [2.05, 4.69) is 31.0 Å². The molecule has 0 spiro atoms. The van der Waals surface area contributed by atoms with Crippen molar-refractivity contribution in [1.29, 1.82) is 0 Å². The van der Waals surface area contributed by atoms with Crippen LogP contribution in [0.1, 0.15) is 26.2 Å². The van der Waals surface area contributed by atoms with E-state index in [1.807, 2.05) is 12.2 Å². The molecule has 0 aromatic rings. The third kappa shape index (κ3) is 10.6. The van der Waals surface area contributed by atoms with Gasteiger partial charge in [-0.15, -0.1) is 0 Å². The number of nitrogens with one attached hydrogen (secondary N) is 1. The highest BCUT2D eigenvalue weighted by atomic mass is 16.5. The van der Waals surface area contributed by atoms with Gasteiger partial charge in [-0.25, -0.2) is 4.79 Å². The molecule has 90 valence electrons. The molecule has 0 bridgehead atoms. The molecule has 0 heterocycles. The summed E-state index contributed by atoms with van der Waals surface area (Å²) < 4.78 is 4.74. The summed E-state index contributed by atoms with van der Waals surface area (Å²) in [5.41, 5.74) is 0. The van der Waals surface area contributed by atoms with Gasteiger partial charge in [-0.1, -0.05) is 43.9 Å². The molecule has 16 heavy (non-hydrogen) atoms. The number of rotatable bonds is 8. The van der Waals surface area contributed by atoms with Gasteiger partial charge in [-0.3, -0.25) is 0 Å². The van der Waals surface area contributed by atoms with Crippen molar-refractivity contribution in [3.8, 4) is 0 Å². The molecule has 0 aliphatic rings. The fraction of sp³-hybridized carbons (Fsp3) is 0.462. The van der Waals surface area contributed by atoms with Crippen molar-refractivity contribution in [2.24, 2.45) is 0 Å². The smallest absolute Gasteiger partial charge is 0.407 e. The van der Waals surface area contributed by atoms with E-state index >= 15 is 0 Å². The fourth-order valence-corrected chi connectivity index (χ4v) is 1.01. The molecular weight excluding hydrogens is 202 g/mol. The Labute approximate surface area is 97.9 Å².